The monoisotopic (exact) mass is 253 g/mol. The van der Waals surface area contributed by atoms with Crippen LogP contribution < -0.4 is 0 Å². The van der Waals surface area contributed by atoms with Crippen LogP contribution in [0.2, 0.25) is 0 Å². The molecule has 2 N–H and O–H groups in total. The number of hydrogen-bond acceptors (Lipinski definition) is 1. The van der Waals surface area contributed by atoms with Crippen LogP contribution in [0.1, 0.15) is 25.5 Å². The normalized spacial score (nSPS) is 11.4. The Balaban J connectivity index is 2.74. The Kier molecular flexibility index (Phi) is 2.27. The van der Waals surface area contributed by atoms with Gasteiger partial charge < -0.3 is 10.1 Å². The van der Waals surface area contributed by atoms with Gasteiger partial charge in [-0.1, -0.05) is 13.8 Å². The lowest BCUT2D eigenvalue weighted by atomic mass is 10.1. The summed E-state index contributed by atoms with van der Waals surface area (Å²) in [6.45, 7) is 4.27. The Hall–Kier alpha value is -0.960. The van der Waals surface area contributed by atoms with E-state index in [9.17, 15) is 5.11 Å². The lowest BCUT2D eigenvalue weighted by molar-refractivity contribution is 0.476. The second kappa shape index (κ2) is 3.31. The zero-order valence-electron chi connectivity index (χ0n) is 8.13. The van der Waals surface area contributed by atoms with Gasteiger partial charge in [-0.05, 0) is 40.0 Å². The summed E-state index contributed by atoms with van der Waals surface area (Å²) >= 11 is 3.54. The second-order valence-electron chi connectivity index (χ2n) is 3.74. The van der Waals surface area contributed by atoms with Gasteiger partial charge in [-0.2, -0.15) is 0 Å². The number of hydrogen-bond donors (Lipinski definition) is 2. The van der Waals surface area contributed by atoms with Gasteiger partial charge in [0.2, 0.25) is 0 Å². The fraction of sp³-hybridized carbons (Fsp3) is 0.273. The summed E-state index contributed by atoms with van der Waals surface area (Å²) in [7, 11) is 0. The number of aromatic nitrogens is 1. The number of phenols is 1. The first-order valence-electron chi connectivity index (χ1n) is 4.59. The van der Waals surface area contributed by atoms with Crippen molar-refractivity contribution in [2.45, 2.75) is 19.8 Å². The Labute approximate surface area is 91.1 Å². The van der Waals surface area contributed by atoms with Gasteiger partial charge in [-0.15, -0.1) is 0 Å². The van der Waals surface area contributed by atoms with Gasteiger partial charge in [-0.25, -0.2) is 0 Å². The lowest BCUT2D eigenvalue weighted by Crippen LogP contribution is -1.86. The van der Waals surface area contributed by atoms with Crippen LogP contribution in [-0.2, 0) is 0 Å². The molecule has 0 atom stereocenters. The van der Waals surface area contributed by atoms with Crippen molar-refractivity contribution in [3.8, 4) is 5.75 Å². The van der Waals surface area contributed by atoms with E-state index in [4.69, 9.17) is 0 Å². The van der Waals surface area contributed by atoms with E-state index in [0.717, 1.165) is 15.4 Å². The van der Waals surface area contributed by atoms with Crippen LogP contribution in [0.15, 0.2) is 22.7 Å². The predicted molar refractivity (Wildman–Crippen MR) is 61.8 cm³/mol. The number of nitrogens with one attached hydrogen (secondary N) is 1. The number of fused-ring (bicyclic) bond motifs is 1. The maximum absolute atomic E-state index is 9.37. The maximum Gasteiger partial charge on any atom is 0.116 e. The number of benzene rings is 1. The topological polar surface area (TPSA) is 36.0 Å². The van der Waals surface area contributed by atoms with Crippen LogP contribution in [-0.4, -0.2) is 10.1 Å². The molecular formula is C11H12BrNO. The minimum absolute atomic E-state index is 0.299. The number of aromatic amines is 1. The summed E-state index contributed by atoms with van der Waals surface area (Å²) in [5.41, 5.74) is 2.23. The van der Waals surface area contributed by atoms with Crippen LogP contribution in [0.5, 0.6) is 5.75 Å². The van der Waals surface area contributed by atoms with E-state index in [2.05, 4.69) is 34.8 Å². The van der Waals surface area contributed by atoms with Crippen LogP contribution in [0, 0.1) is 0 Å². The van der Waals surface area contributed by atoms with Crippen LogP contribution in [0.3, 0.4) is 0 Å². The molecule has 2 aromatic rings. The molecule has 0 spiro atoms. The van der Waals surface area contributed by atoms with Crippen molar-refractivity contribution < 1.29 is 5.11 Å². The molecule has 0 aliphatic carbocycles. The zero-order valence-corrected chi connectivity index (χ0v) is 9.72. The Morgan fingerprint density at radius 1 is 1.36 bits per heavy atom. The molecule has 14 heavy (non-hydrogen) atoms. The number of aromatic hydroxyl groups is 1. The van der Waals surface area contributed by atoms with Crippen molar-refractivity contribution in [3.05, 3.63) is 28.4 Å². The summed E-state index contributed by atoms with van der Waals surface area (Å²) in [5.74, 6) is 0.742. The van der Waals surface area contributed by atoms with E-state index in [1.54, 1.807) is 12.1 Å². The molecule has 1 aromatic carbocycles. The van der Waals surface area contributed by atoms with Gasteiger partial charge in [0.25, 0.3) is 0 Å². The molecule has 2 rings (SSSR count). The molecule has 0 aliphatic heterocycles. The van der Waals surface area contributed by atoms with E-state index in [0.29, 0.717) is 11.7 Å². The van der Waals surface area contributed by atoms with E-state index >= 15 is 0 Å². The van der Waals surface area contributed by atoms with Crippen molar-refractivity contribution in [1.29, 1.82) is 0 Å². The van der Waals surface area contributed by atoms with Gasteiger partial charge in [0.15, 0.2) is 0 Å². The minimum Gasteiger partial charge on any atom is -0.508 e. The highest BCUT2D eigenvalue weighted by atomic mass is 79.9. The summed E-state index contributed by atoms with van der Waals surface area (Å²) in [6, 6.07) is 5.35. The molecule has 0 fully saturated rings. The Bertz CT molecular complexity index is 473. The largest absolute Gasteiger partial charge is 0.508 e. The molecule has 0 radical (unpaired) electrons. The molecule has 74 valence electrons. The highest BCUT2D eigenvalue weighted by molar-refractivity contribution is 9.10. The molecule has 0 aliphatic rings. The third-order valence-electron chi connectivity index (χ3n) is 2.32. The van der Waals surface area contributed by atoms with Crippen molar-refractivity contribution in [3.63, 3.8) is 0 Å². The molecule has 0 unspecified atom stereocenters. The van der Waals surface area contributed by atoms with E-state index in [1.807, 2.05) is 6.07 Å². The van der Waals surface area contributed by atoms with Crippen molar-refractivity contribution in [2.75, 3.05) is 0 Å². The van der Waals surface area contributed by atoms with Gasteiger partial charge in [0.05, 0.1) is 0 Å². The Morgan fingerprint density at radius 2 is 2.07 bits per heavy atom. The highest BCUT2D eigenvalue weighted by Crippen LogP contribution is 2.33. The van der Waals surface area contributed by atoms with E-state index in [1.165, 1.54) is 5.69 Å². The lowest BCUT2D eigenvalue weighted by Gasteiger charge is -2.00. The molecule has 0 saturated heterocycles. The number of rotatable bonds is 1. The first-order chi connectivity index (χ1) is 6.59. The molecule has 2 nitrogen and oxygen atoms in total. The molecule has 1 heterocycles. The maximum atomic E-state index is 9.37. The third-order valence-corrected chi connectivity index (χ3v) is 3.18. The number of phenolic OH excluding ortho intramolecular Hbond substituents is 1. The van der Waals surface area contributed by atoms with Crippen molar-refractivity contribution in [2.24, 2.45) is 0 Å². The van der Waals surface area contributed by atoms with Gasteiger partial charge >= 0.3 is 0 Å². The average molecular weight is 254 g/mol. The first-order valence-corrected chi connectivity index (χ1v) is 5.39. The smallest absolute Gasteiger partial charge is 0.116 e. The van der Waals surface area contributed by atoms with E-state index < -0.39 is 0 Å². The number of H-pyrrole nitrogens is 1. The molecule has 0 saturated carbocycles. The SMILES string of the molecule is CC(C)c1[nH]c2ccc(O)cc2c1Br. The quantitative estimate of drug-likeness (QED) is 0.798. The predicted octanol–water partition coefficient (Wildman–Crippen LogP) is 3.76. The van der Waals surface area contributed by atoms with Gasteiger partial charge in [0.1, 0.15) is 5.75 Å². The van der Waals surface area contributed by atoms with Gasteiger partial charge in [-0.3, -0.25) is 0 Å². The Morgan fingerprint density at radius 3 is 2.71 bits per heavy atom. The first kappa shape index (κ1) is 9.59. The third kappa shape index (κ3) is 1.42. The molecule has 3 heteroatoms. The van der Waals surface area contributed by atoms with Crippen LogP contribution >= 0.6 is 15.9 Å². The second-order valence-corrected chi connectivity index (χ2v) is 4.53. The summed E-state index contributed by atoms with van der Waals surface area (Å²) in [5, 5.41) is 10.4. The van der Waals surface area contributed by atoms with Crippen LogP contribution in [0.4, 0.5) is 0 Å². The average Bonchev–Trinajstić information content (AvgIpc) is 2.44. The molecule has 0 bridgehead atoms. The fourth-order valence-corrected chi connectivity index (χ4v) is 2.45. The summed E-state index contributed by atoms with van der Waals surface area (Å²) < 4.78 is 1.05. The van der Waals surface area contributed by atoms with E-state index in [-0.39, 0.29) is 0 Å². The molecule has 0 amide bonds. The number of halogens is 1. The summed E-state index contributed by atoms with van der Waals surface area (Å²) in [4.78, 5) is 3.33. The fourth-order valence-electron chi connectivity index (χ4n) is 1.57. The standard InChI is InChI=1S/C11H12BrNO/c1-6(2)11-10(12)8-5-7(14)3-4-9(8)13-11/h3-6,13-14H,1-2H3. The summed E-state index contributed by atoms with van der Waals surface area (Å²) in [6.07, 6.45) is 0. The molecular weight excluding hydrogens is 242 g/mol. The zero-order chi connectivity index (χ0) is 10.3. The van der Waals surface area contributed by atoms with Crippen molar-refractivity contribution >= 4 is 26.8 Å². The minimum atomic E-state index is 0.299. The van der Waals surface area contributed by atoms with Crippen molar-refractivity contribution in [1.82, 2.24) is 4.98 Å². The van der Waals surface area contributed by atoms with Gasteiger partial charge in [0, 0.05) is 21.1 Å². The molecule has 1 aromatic heterocycles. The highest BCUT2D eigenvalue weighted by Gasteiger charge is 2.11. The van der Waals surface area contributed by atoms with Crippen LogP contribution in [0.25, 0.3) is 10.9 Å².